The van der Waals surface area contributed by atoms with Crippen molar-refractivity contribution < 1.29 is 22.6 Å². The minimum atomic E-state index is -4.06. The first-order chi connectivity index (χ1) is 13.8. The minimum absolute atomic E-state index is 0.0444. The van der Waals surface area contributed by atoms with Gasteiger partial charge in [0.25, 0.3) is 10.0 Å². The lowest BCUT2D eigenvalue weighted by atomic mass is 10.2. The fourth-order valence-electron chi connectivity index (χ4n) is 2.67. The zero-order chi connectivity index (χ0) is 21.2. The summed E-state index contributed by atoms with van der Waals surface area (Å²) in [5.74, 6) is 0.855. The number of sulfonamides is 1. The van der Waals surface area contributed by atoms with Gasteiger partial charge in [0, 0.05) is 23.1 Å². The SMILES string of the molecule is COc1cc(Cl)c(NS(=O)(=O)c2cc(-c3csc(C)n3)ccc2OC)c(OC)c1. The number of methoxy groups -OCH3 is 3. The predicted molar refractivity (Wildman–Crippen MR) is 114 cm³/mol. The molecule has 0 spiro atoms. The molecule has 3 rings (SSSR count). The topological polar surface area (TPSA) is 86.8 Å². The van der Waals surface area contributed by atoms with Crippen molar-refractivity contribution in [2.75, 3.05) is 26.1 Å². The van der Waals surface area contributed by atoms with Crippen LogP contribution < -0.4 is 18.9 Å². The van der Waals surface area contributed by atoms with Crippen molar-refractivity contribution in [1.29, 1.82) is 0 Å². The molecule has 154 valence electrons. The van der Waals surface area contributed by atoms with Gasteiger partial charge in [0.05, 0.1) is 37.1 Å². The Hall–Kier alpha value is -2.49. The van der Waals surface area contributed by atoms with E-state index in [0.29, 0.717) is 17.0 Å². The van der Waals surface area contributed by atoms with Crippen LogP contribution in [-0.2, 0) is 10.0 Å². The van der Waals surface area contributed by atoms with E-state index in [0.717, 1.165) is 5.01 Å². The third-order valence-corrected chi connectivity index (χ3v) is 6.53. The molecular weight excluding hydrogens is 436 g/mol. The minimum Gasteiger partial charge on any atom is -0.497 e. The Morgan fingerprint density at radius 1 is 1.03 bits per heavy atom. The zero-order valence-electron chi connectivity index (χ0n) is 16.1. The number of rotatable bonds is 7. The molecule has 0 bridgehead atoms. The van der Waals surface area contributed by atoms with E-state index in [1.807, 2.05) is 12.3 Å². The van der Waals surface area contributed by atoms with Crippen molar-refractivity contribution >= 4 is 38.6 Å². The number of ether oxygens (including phenoxy) is 3. The molecule has 0 aliphatic heterocycles. The summed E-state index contributed by atoms with van der Waals surface area (Å²) in [7, 11) is 0.235. The van der Waals surface area contributed by atoms with Crippen LogP contribution in [0.1, 0.15) is 5.01 Å². The number of aryl methyl sites for hydroxylation is 1. The van der Waals surface area contributed by atoms with Gasteiger partial charge in [0.1, 0.15) is 27.8 Å². The molecule has 0 atom stereocenters. The molecule has 1 heterocycles. The summed E-state index contributed by atoms with van der Waals surface area (Å²) in [5, 5.41) is 2.88. The monoisotopic (exact) mass is 454 g/mol. The Morgan fingerprint density at radius 2 is 1.76 bits per heavy atom. The van der Waals surface area contributed by atoms with Crippen molar-refractivity contribution in [3.8, 4) is 28.5 Å². The fourth-order valence-corrected chi connectivity index (χ4v) is 4.88. The molecule has 1 N–H and O–H groups in total. The van der Waals surface area contributed by atoms with Crippen molar-refractivity contribution in [1.82, 2.24) is 4.98 Å². The van der Waals surface area contributed by atoms with E-state index < -0.39 is 10.0 Å². The second-order valence-electron chi connectivity index (χ2n) is 5.91. The zero-order valence-corrected chi connectivity index (χ0v) is 18.5. The molecule has 0 saturated carbocycles. The molecule has 0 unspecified atom stereocenters. The summed E-state index contributed by atoms with van der Waals surface area (Å²) < 4.78 is 44.6. The Balaban J connectivity index is 2.08. The molecular formula is C19H19ClN2O5S2. The summed E-state index contributed by atoms with van der Waals surface area (Å²) in [4.78, 5) is 4.37. The molecule has 1 aromatic heterocycles. The van der Waals surface area contributed by atoms with E-state index in [-0.39, 0.29) is 27.1 Å². The maximum absolute atomic E-state index is 13.2. The summed E-state index contributed by atoms with van der Waals surface area (Å²) >= 11 is 7.74. The van der Waals surface area contributed by atoms with Gasteiger partial charge in [-0.15, -0.1) is 11.3 Å². The molecule has 0 aliphatic rings. The van der Waals surface area contributed by atoms with Gasteiger partial charge in [0.15, 0.2) is 0 Å². The molecule has 0 aliphatic carbocycles. The molecule has 0 amide bonds. The largest absolute Gasteiger partial charge is 0.497 e. The quantitative estimate of drug-likeness (QED) is 0.561. The number of benzene rings is 2. The van der Waals surface area contributed by atoms with Crippen LogP contribution in [0.3, 0.4) is 0 Å². The number of hydrogen-bond donors (Lipinski definition) is 1. The van der Waals surface area contributed by atoms with Crippen LogP contribution >= 0.6 is 22.9 Å². The highest BCUT2D eigenvalue weighted by Gasteiger charge is 2.24. The summed E-state index contributed by atoms with van der Waals surface area (Å²) in [6.07, 6.45) is 0. The summed E-state index contributed by atoms with van der Waals surface area (Å²) in [6, 6.07) is 7.89. The third-order valence-electron chi connectivity index (χ3n) is 4.09. The van der Waals surface area contributed by atoms with E-state index in [2.05, 4.69) is 9.71 Å². The van der Waals surface area contributed by atoms with Gasteiger partial charge in [0.2, 0.25) is 0 Å². The van der Waals surface area contributed by atoms with Crippen LogP contribution in [-0.4, -0.2) is 34.7 Å². The lowest BCUT2D eigenvalue weighted by Gasteiger charge is -2.16. The van der Waals surface area contributed by atoms with Crippen LogP contribution in [0.25, 0.3) is 11.3 Å². The Kier molecular flexibility index (Phi) is 6.21. The molecule has 0 radical (unpaired) electrons. The summed E-state index contributed by atoms with van der Waals surface area (Å²) in [5.41, 5.74) is 1.45. The fraction of sp³-hybridized carbons (Fsp3) is 0.211. The third kappa shape index (κ3) is 4.42. The van der Waals surface area contributed by atoms with E-state index in [4.69, 9.17) is 25.8 Å². The molecule has 7 nitrogen and oxygen atoms in total. The molecule has 2 aromatic carbocycles. The first-order valence-corrected chi connectivity index (χ1v) is 11.1. The van der Waals surface area contributed by atoms with Crippen LogP contribution in [0.4, 0.5) is 5.69 Å². The normalized spacial score (nSPS) is 11.2. The number of hydrogen-bond acceptors (Lipinski definition) is 7. The van der Waals surface area contributed by atoms with Crippen LogP contribution in [0.2, 0.25) is 5.02 Å². The smallest absolute Gasteiger partial charge is 0.265 e. The van der Waals surface area contributed by atoms with Crippen molar-refractivity contribution in [3.05, 3.63) is 45.7 Å². The second-order valence-corrected chi connectivity index (χ2v) is 9.03. The van der Waals surface area contributed by atoms with Gasteiger partial charge < -0.3 is 14.2 Å². The molecule has 0 saturated heterocycles. The standard InChI is InChI=1S/C19H19ClN2O5S2/c1-11-21-15(10-28-11)12-5-6-16(26-3)18(7-12)29(23,24)22-19-14(20)8-13(25-2)9-17(19)27-4/h5-10,22H,1-4H3. The number of thiazole rings is 1. The average Bonchev–Trinajstić information content (AvgIpc) is 3.15. The van der Waals surface area contributed by atoms with Gasteiger partial charge in [-0.3, -0.25) is 4.72 Å². The van der Waals surface area contributed by atoms with Gasteiger partial charge >= 0.3 is 0 Å². The Bertz CT molecular complexity index is 1150. The Morgan fingerprint density at radius 3 is 2.34 bits per heavy atom. The predicted octanol–water partition coefficient (Wildman–Crippen LogP) is 4.60. The lowest BCUT2D eigenvalue weighted by Crippen LogP contribution is -2.15. The van der Waals surface area contributed by atoms with E-state index in [1.54, 1.807) is 12.1 Å². The molecule has 3 aromatic rings. The Labute approximate surface area is 178 Å². The van der Waals surface area contributed by atoms with Gasteiger partial charge in [-0.05, 0) is 25.1 Å². The maximum Gasteiger partial charge on any atom is 0.265 e. The molecule has 10 heteroatoms. The first-order valence-electron chi connectivity index (χ1n) is 8.34. The van der Waals surface area contributed by atoms with Crippen LogP contribution in [0, 0.1) is 6.92 Å². The van der Waals surface area contributed by atoms with E-state index in [9.17, 15) is 8.42 Å². The van der Waals surface area contributed by atoms with Crippen molar-refractivity contribution in [2.45, 2.75) is 11.8 Å². The maximum atomic E-state index is 13.2. The van der Waals surface area contributed by atoms with Crippen LogP contribution in [0.15, 0.2) is 40.6 Å². The van der Waals surface area contributed by atoms with Gasteiger partial charge in [-0.2, -0.15) is 0 Å². The van der Waals surface area contributed by atoms with Crippen molar-refractivity contribution in [3.63, 3.8) is 0 Å². The van der Waals surface area contributed by atoms with Gasteiger partial charge in [-0.1, -0.05) is 11.6 Å². The van der Waals surface area contributed by atoms with Crippen molar-refractivity contribution in [2.24, 2.45) is 0 Å². The number of halogens is 1. The number of nitrogens with zero attached hydrogens (tertiary/aromatic N) is 1. The number of nitrogens with one attached hydrogen (secondary N) is 1. The highest BCUT2D eigenvalue weighted by molar-refractivity contribution is 7.92. The van der Waals surface area contributed by atoms with E-state index in [1.165, 1.54) is 50.9 Å². The van der Waals surface area contributed by atoms with Gasteiger partial charge in [-0.25, -0.2) is 13.4 Å². The number of aromatic nitrogens is 1. The molecule has 29 heavy (non-hydrogen) atoms. The molecule has 0 fully saturated rings. The highest BCUT2D eigenvalue weighted by Crippen LogP contribution is 2.39. The van der Waals surface area contributed by atoms with E-state index >= 15 is 0 Å². The van der Waals surface area contributed by atoms with Crippen LogP contribution in [0.5, 0.6) is 17.2 Å². The highest BCUT2D eigenvalue weighted by atomic mass is 35.5. The summed E-state index contributed by atoms with van der Waals surface area (Å²) in [6.45, 7) is 1.88. The number of anilines is 1. The average molecular weight is 455 g/mol. The first kappa shape index (κ1) is 21.2. The lowest BCUT2D eigenvalue weighted by molar-refractivity contribution is 0.395. The second kappa shape index (κ2) is 8.48.